The summed E-state index contributed by atoms with van der Waals surface area (Å²) in [5, 5.41) is 6.52. The Hall–Kier alpha value is -3.41. The molecule has 3 N–H and O–H groups in total. The lowest BCUT2D eigenvalue weighted by Gasteiger charge is -2.09. The van der Waals surface area contributed by atoms with E-state index in [2.05, 4.69) is 30.6 Å². The van der Waals surface area contributed by atoms with Crippen LogP contribution in [-0.4, -0.2) is 19.9 Å². The van der Waals surface area contributed by atoms with Crippen LogP contribution in [-0.2, 0) is 6.54 Å². The molecule has 0 aliphatic carbocycles. The van der Waals surface area contributed by atoms with Crippen molar-refractivity contribution < 1.29 is 0 Å². The van der Waals surface area contributed by atoms with Gasteiger partial charge in [-0.05, 0) is 31.2 Å². The lowest BCUT2D eigenvalue weighted by Crippen LogP contribution is -2.06. The van der Waals surface area contributed by atoms with Gasteiger partial charge in [-0.25, -0.2) is 9.97 Å². The van der Waals surface area contributed by atoms with Gasteiger partial charge in [-0.3, -0.25) is 0 Å². The highest BCUT2D eigenvalue weighted by Gasteiger charge is 2.05. The van der Waals surface area contributed by atoms with Crippen LogP contribution in [0.4, 0.5) is 17.5 Å². The lowest BCUT2D eigenvalue weighted by molar-refractivity contribution is 0.987. The van der Waals surface area contributed by atoms with Crippen LogP contribution >= 0.6 is 0 Å². The topological polar surface area (TPSA) is 78.5 Å². The third kappa shape index (κ3) is 3.58. The van der Waals surface area contributed by atoms with Crippen LogP contribution in [0.3, 0.4) is 0 Å². The van der Waals surface area contributed by atoms with Crippen LogP contribution in [0.5, 0.6) is 0 Å². The summed E-state index contributed by atoms with van der Waals surface area (Å²) in [6.45, 7) is 2.51. The van der Waals surface area contributed by atoms with E-state index < -0.39 is 0 Å². The van der Waals surface area contributed by atoms with Gasteiger partial charge in [0.25, 0.3) is 0 Å². The van der Waals surface area contributed by atoms with Gasteiger partial charge in [0.2, 0.25) is 5.95 Å². The molecule has 6 heteroatoms. The van der Waals surface area contributed by atoms with E-state index in [1.807, 2.05) is 67.6 Å². The Kier molecular flexibility index (Phi) is 4.00. The normalized spacial score (nSPS) is 10.8. The minimum absolute atomic E-state index is 0.565. The van der Waals surface area contributed by atoms with Crippen molar-refractivity contribution in [2.75, 3.05) is 10.6 Å². The predicted octanol–water partition coefficient (Wildman–Crippen LogP) is 4.02. The summed E-state index contributed by atoms with van der Waals surface area (Å²) < 4.78 is 0. The first-order chi connectivity index (χ1) is 12.3. The first-order valence-corrected chi connectivity index (χ1v) is 8.11. The molecule has 124 valence electrons. The number of hydrogen-bond acceptors (Lipinski definition) is 5. The molecule has 0 saturated heterocycles. The van der Waals surface area contributed by atoms with E-state index in [0.717, 1.165) is 34.1 Å². The third-order valence-corrected chi connectivity index (χ3v) is 3.76. The number of H-pyrrole nitrogens is 1. The molecule has 0 atom stereocenters. The number of imidazole rings is 1. The number of hydrogen-bond donors (Lipinski definition) is 3. The van der Waals surface area contributed by atoms with Crippen molar-refractivity contribution >= 4 is 28.5 Å². The Balaban J connectivity index is 1.50. The van der Waals surface area contributed by atoms with Gasteiger partial charge < -0.3 is 15.6 Å². The van der Waals surface area contributed by atoms with Gasteiger partial charge in [-0.2, -0.15) is 4.98 Å². The second kappa shape index (κ2) is 6.60. The van der Waals surface area contributed by atoms with E-state index >= 15 is 0 Å². The Morgan fingerprint density at radius 2 is 1.72 bits per heavy atom. The molecule has 2 aromatic heterocycles. The Bertz CT molecular complexity index is 960. The number of fused-ring (bicyclic) bond motifs is 1. The number of anilines is 3. The molecular formula is C19H18N6. The summed E-state index contributed by atoms with van der Waals surface area (Å²) in [7, 11) is 0. The summed E-state index contributed by atoms with van der Waals surface area (Å²) in [5.41, 5.74) is 3.84. The smallest absolute Gasteiger partial charge is 0.229 e. The average Bonchev–Trinajstić information content (AvgIpc) is 3.03. The van der Waals surface area contributed by atoms with Crippen molar-refractivity contribution in [1.82, 2.24) is 19.9 Å². The Morgan fingerprint density at radius 1 is 0.920 bits per heavy atom. The van der Waals surface area contributed by atoms with Gasteiger partial charge in [0.1, 0.15) is 11.6 Å². The first kappa shape index (κ1) is 15.1. The third-order valence-electron chi connectivity index (χ3n) is 3.76. The van der Waals surface area contributed by atoms with Crippen LogP contribution in [0, 0.1) is 6.92 Å². The number of rotatable bonds is 5. The first-order valence-electron chi connectivity index (χ1n) is 8.11. The fraction of sp³-hybridized carbons (Fsp3) is 0.105. The van der Waals surface area contributed by atoms with E-state index in [9.17, 15) is 0 Å². The molecule has 2 aromatic carbocycles. The molecule has 0 aliphatic rings. The van der Waals surface area contributed by atoms with Crippen molar-refractivity contribution in [3.63, 3.8) is 0 Å². The van der Waals surface area contributed by atoms with Crippen LogP contribution in [0.25, 0.3) is 11.0 Å². The van der Waals surface area contributed by atoms with Crippen LogP contribution in [0.2, 0.25) is 0 Å². The number of nitrogens with one attached hydrogen (secondary N) is 3. The maximum atomic E-state index is 4.56. The molecule has 0 fully saturated rings. The van der Waals surface area contributed by atoms with Crippen LogP contribution < -0.4 is 10.6 Å². The molecule has 0 saturated carbocycles. The van der Waals surface area contributed by atoms with E-state index in [0.29, 0.717) is 12.5 Å². The highest BCUT2D eigenvalue weighted by atomic mass is 15.1. The molecule has 0 radical (unpaired) electrons. The van der Waals surface area contributed by atoms with Crippen molar-refractivity contribution in [3.05, 3.63) is 72.2 Å². The summed E-state index contributed by atoms with van der Waals surface area (Å²) in [4.78, 5) is 16.8. The van der Waals surface area contributed by atoms with E-state index in [4.69, 9.17) is 0 Å². The molecule has 0 aliphatic heterocycles. The Morgan fingerprint density at radius 3 is 2.56 bits per heavy atom. The fourth-order valence-electron chi connectivity index (χ4n) is 2.63. The number of nitrogens with zero attached hydrogens (tertiary/aromatic N) is 3. The standard InChI is InChI=1S/C19H18N6/c1-13-11-17(25-19(21-13)22-14-7-3-2-4-8-14)20-12-18-23-15-9-5-6-10-16(15)24-18/h2-11H,12H2,1H3,(H,23,24)(H2,20,21,22,25). The highest BCUT2D eigenvalue weighted by Crippen LogP contribution is 2.16. The van der Waals surface area contributed by atoms with E-state index in [1.165, 1.54) is 0 Å². The molecule has 6 nitrogen and oxygen atoms in total. The zero-order valence-corrected chi connectivity index (χ0v) is 13.8. The quantitative estimate of drug-likeness (QED) is 0.515. The molecule has 0 spiro atoms. The molecule has 2 heterocycles. The van der Waals surface area contributed by atoms with Gasteiger partial charge in [0.15, 0.2) is 0 Å². The minimum Gasteiger partial charge on any atom is -0.363 e. The van der Waals surface area contributed by atoms with Crippen molar-refractivity contribution in [1.29, 1.82) is 0 Å². The lowest BCUT2D eigenvalue weighted by atomic mass is 10.3. The molecule has 25 heavy (non-hydrogen) atoms. The van der Waals surface area contributed by atoms with Crippen molar-refractivity contribution in [3.8, 4) is 0 Å². The van der Waals surface area contributed by atoms with Crippen molar-refractivity contribution in [2.24, 2.45) is 0 Å². The van der Waals surface area contributed by atoms with Gasteiger partial charge in [-0.15, -0.1) is 0 Å². The van der Waals surface area contributed by atoms with Crippen LogP contribution in [0.15, 0.2) is 60.7 Å². The monoisotopic (exact) mass is 330 g/mol. The minimum atomic E-state index is 0.565. The number of aryl methyl sites for hydroxylation is 1. The van der Waals surface area contributed by atoms with Gasteiger partial charge in [0.05, 0.1) is 17.6 Å². The fourth-order valence-corrected chi connectivity index (χ4v) is 2.63. The number of aromatic nitrogens is 4. The SMILES string of the molecule is Cc1cc(NCc2nc3ccccc3[nH]2)nc(Nc2ccccc2)n1. The largest absolute Gasteiger partial charge is 0.363 e. The number of aromatic amines is 1. The summed E-state index contributed by atoms with van der Waals surface area (Å²) in [6, 6.07) is 19.8. The van der Waals surface area contributed by atoms with Crippen molar-refractivity contribution in [2.45, 2.75) is 13.5 Å². The average molecular weight is 330 g/mol. The van der Waals surface area contributed by atoms with E-state index in [-0.39, 0.29) is 0 Å². The molecule has 4 aromatic rings. The number of para-hydroxylation sites is 3. The second-order valence-electron chi connectivity index (χ2n) is 5.76. The zero-order chi connectivity index (χ0) is 17.1. The molecule has 4 rings (SSSR count). The summed E-state index contributed by atoms with van der Waals surface area (Å²) >= 11 is 0. The maximum Gasteiger partial charge on any atom is 0.229 e. The predicted molar refractivity (Wildman–Crippen MR) is 99.9 cm³/mol. The molecule has 0 bridgehead atoms. The van der Waals surface area contributed by atoms with E-state index in [1.54, 1.807) is 0 Å². The molecular weight excluding hydrogens is 312 g/mol. The van der Waals surface area contributed by atoms with Gasteiger partial charge >= 0.3 is 0 Å². The Labute approximate surface area is 145 Å². The maximum absolute atomic E-state index is 4.56. The molecule has 0 amide bonds. The van der Waals surface area contributed by atoms with Crippen LogP contribution in [0.1, 0.15) is 11.5 Å². The number of benzene rings is 2. The van der Waals surface area contributed by atoms with Gasteiger partial charge in [0, 0.05) is 17.4 Å². The molecule has 0 unspecified atom stereocenters. The zero-order valence-electron chi connectivity index (χ0n) is 13.8. The summed E-state index contributed by atoms with van der Waals surface area (Å²) in [5.74, 6) is 2.19. The summed E-state index contributed by atoms with van der Waals surface area (Å²) in [6.07, 6.45) is 0. The second-order valence-corrected chi connectivity index (χ2v) is 5.76. The highest BCUT2D eigenvalue weighted by molar-refractivity contribution is 5.74. The van der Waals surface area contributed by atoms with Gasteiger partial charge in [-0.1, -0.05) is 30.3 Å².